The van der Waals surface area contributed by atoms with E-state index in [2.05, 4.69) is 6.92 Å². The third-order valence-electron chi connectivity index (χ3n) is 2.36. The highest BCUT2D eigenvalue weighted by Gasteiger charge is 2.36. The Morgan fingerprint density at radius 3 is 2.82 bits per heavy atom. The molecule has 2 atom stereocenters. The second-order valence-electron chi connectivity index (χ2n) is 2.96. The molecule has 2 unspecified atom stereocenters. The Labute approximate surface area is 68.1 Å². The van der Waals surface area contributed by atoms with E-state index in [1.165, 1.54) is 5.57 Å². The molecule has 11 heavy (non-hydrogen) atoms. The summed E-state index contributed by atoms with van der Waals surface area (Å²) in [6.07, 6.45) is 3.60. The first kappa shape index (κ1) is 9.02. The molecule has 1 aliphatic rings. The summed E-state index contributed by atoms with van der Waals surface area (Å²) in [6, 6.07) is 0. The first-order valence-corrected chi connectivity index (χ1v) is 5.83. The summed E-state index contributed by atoms with van der Waals surface area (Å²) in [5.74, 6) is 0. The highest BCUT2D eigenvalue weighted by atomic mass is 31.2. The van der Waals surface area contributed by atoms with Crippen LogP contribution in [0.4, 0.5) is 0 Å². The van der Waals surface area contributed by atoms with Crippen LogP contribution >= 0.6 is 7.37 Å². The molecule has 0 saturated heterocycles. The third kappa shape index (κ3) is 1.43. The zero-order valence-corrected chi connectivity index (χ0v) is 8.23. The van der Waals surface area contributed by atoms with E-state index >= 15 is 0 Å². The molecule has 0 aliphatic carbocycles. The van der Waals surface area contributed by atoms with E-state index in [1.54, 1.807) is 7.11 Å². The lowest BCUT2D eigenvalue weighted by Crippen LogP contribution is -2.05. The van der Waals surface area contributed by atoms with Crippen molar-refractivity contribution in [3.8, 4) is 0 Å². The summed E-state index contributed by atoms with van der Waals surface area (Å²) in [5.41, 5.74) is 1.42. The fraction of sp³-hybridized carbons (Fsp3) is 0.750. The Morgan fingerprint density at radius 2 is 2.45 bits per heavy atom. The molecule has 0 saturated carbocycles. The van der Waals surface area contributed by atoms with Gasteiger partial charge in [0, 0.05) is 13.3 Å². The van der Waals surface area contributed by atoms with Gasteiger partial charge in [0.15, 0.2) is 0 Å². The predicted octanol–water partition coefficient (Wildman–Crippen LogP) is 2.65. The van der Waals surface area contributed by atoms with E-state index < -0.39 is 7.37 Å². The molecule has 0 N–H and O–H groups in total. The van der Waals surface area contributed by atoms with Crippen LogP contribution in [0.2, 0.25) is 0 Å². The topological polar surface area (TPSA) is 26.3 Å². The van der Waals surface area contributed by atoms with E-state index in [4.69, 9.17) is 4.52 Å². The minimum atomic E-state index is -2.31. The van der Waals surface area contributed by atoms with Crippen LogP contribution in [-0.4, -0.2) is 18.9 Å². The van der Waals surface area contributed by atoms with Gasteiger partial charge in [0.05, 0.1) is 5.66 Å². The molecule has 0 spiro atoms. The molecule has 2 nitrogen and oxygen atoms in total. The molecule has 0 aromatic heterocycles. The second kappa shape index (κ2) is 3.12. The number of rotatable bonds is 2. The molecule has 0 aromatic rings. The van der Waals surface area contributed by atoms with Gasteiger partial charge in [0.1, 0.15) is 0 Å². The van der Waals surface area contributed by atoms with Crippen molar-refractivity contribution in [1.82, 2.24) is 0 Å². The lowest BCUT2D eigenvalue weighted by atomic mass is 10.2. The zero-order valence-electron chi connectivity index (χ0n) is 7.33. The maximum Gasteiger partial charge on any atom is 0.213 e. The highest BCUT2D eigenvalue weighted by molar-refractivity contribution is 7.60. The van der Waals surface area contributed by atoms with Crippen molar-refractivity contribution in [2.75, 3.05) is 13.3 Å². The van der Waals surface area contributed by atoms with Crippen molar-refractivity contribution in [2.24, 2.45) is 0 Å². The van der Waals surface area contributed by atoms with Crippen molar-refractivity contribution < 1.29 is 9.09 Å². The van der Waals surface area contributed by atoms with Gasteiger partial charge in [-0.3, -0.25) is 4.57 Å². The lowest BCUT2D eigenvalue weighted by Gasteiger charge is -2.18. The van der Waals surface area contributed by atoms with Gasteiger partial charge in [-0.1, -0.05) is 18.6 Å². The Hall–Kier alpha value is -0.0700. The van der Waals surface area contributed by atoms with Crippen molar-refractivity contribution in [3.05, 3.63) is 11.6 Å². The third-order valence-corrected chi connectivity index (χ3v) is 5.40. The van der Waals surface area contributed by atoms with Crippen LogP contribution in [0.25, 0.3) is 0 Å². The Balaban J connectivity index is 2.84. The van der Waals surface area contributed by atoms with Crippen LogP contribution in [-0.2, 0) is 9.09 Å². The van der Waals surface area contributed by atoms with E-state index in [1.807, 2.05) is 13.0 Å². The molecule has 0 fully saturated rings. The molecule has 0 radical (unpaired) electrons. The molecule has 1 aliphatic heterocycles. The monoisotopic (exact) mass is 174 g/mol. The van der Waals surface area contributed by atoms with Crippen LogP contribution in [0.1, 0.15) is 20.3 Å². The Kier molecular flexibility index (Phi) is 2.56. The van der Waals surface area contributed by atoms with Crippen molar-refractivity contribution in [3.63, 3.8) is 0 Å². The highest BCUT2D eigenvalue weighted by Crippen LogP contribution is 2.58. The van der Waals surface area contributed by atoms with E-state index in [9.17, 15) is 4.57 Å². The Bertz CT molecular complexity index is 220. The maximum absolute atomic E-state index is 11.9. The fourth-order valence-electron chi connectivity index (χ4n) is 1.65. The predicted molar refractivity (Wildman–Crippen MR) is 47.3 cm³/mol. The molecular formula is C8H15O2P. The second-order valence-corrected chi connectivity index (χ2v) is 5.77. The van der Waals surface area contributed by atoms with E-state index in [0.29, 0.717) is 6.16 Å². The summed E-state index contributed by atoms with van der Waals surface area (Å²) in [4.78, 5) is 0. The van der Waals surface area contributed by atoms with Crippen LogP contribution in [0.15, 0.2) is 11.6 Å². The van der Waals surface area contributed by atoms with Gasteiger partial charge in [0.25, 0.3) is 0 Å². The summed E-state index contributed by atoms with van der Waals surface area (Å²) in [6.45, 7) is 4.09. The maximum atomic E-state index is 11.9. The molecule has 64 valence electrons. The minimum Gasteiger partial charge on any atom is -0.331 e. The van der Waals surface area contributed by atoms with Gasteiger partial charge in [0.2, 0.25) is 7.37 Å². The molecule has 0 bridgehead atoms. The smallest absolute Gasteiger partial charge is 0.213 e. The van der Waals surface area contributed by atoms with Crippen LogP contribution in [0.3, 0.4) is 0 Å². The quantitative estimate of drug-likeness (QED) is 0.475. The van der Waals surface area contributed by atoms with Crippen molar-refractivity contribution in [2.45, 2.75) is 25.9 Å². The van der Waals surface area contributed by atoms with Crippen LogP contribution in [0.5, 0.6) is 0 Å². The molecule has 1 rings (SSSR count). The molecule has 0 aromatic carbocycles. The van der Waals surface area contributed by atoms with Crippen molar-refractivity contribution in [1.29, 1.82) is 0 Å². The Morgan fingerprint density at radius 1 is 1.82 bits per heavy atom. The van der Waals surface area contributed by atoms with Crippen LogP contribution in [0, 0.1) is 0 Å². The first-order chi connectivity index (χ1) is 5.14. The SMILES string of the molecule is CCC1C(C)=CCP1(=O)OC. The molecule has 3 heteroatoms. The van der Waals surface area contributed by atoms with Gasteiger partial charge in [-0.25, -0.2) is 0 Å². The molecule has 1 heterocycles. The average Bonchev–Trinajstić information content (AvgIpc) is 2.29. The summed E-state index contributed by atoms with van der Waals surface area (Å²) < 4.78 is 17.0. The van der Waals surface area contributed by atoms with Gasteiger partial charge < -0.3 is 4.52 Å². The standard InChI is InChI=1S/C8H15O2P/c1-4-8-7(2)5-6-11(8,9)10-3/h5,8H,4,6H2,1-3H3. The fourth-order valence-corrected chi connectivity index (χ4v) is 4.13. The van der Waals surface area contributed by atoms with Gasteiger partial charge in [-0.2, -0.15) is 0 Å². The number of hydrogen-bond acceptors (Lipinski definition) is 2. The largest absolute Gasteiger partial charge is 0.331 e. The van der Waals surface area contributed by atoms with Gasteiger partial charge in [-0.15, -0.1) is 0 Å². The summed E-state index contributed by atoms with van der Waals surface area (Å²) >= 11 is 0. The van der Waals surface area contributed by atoms with Crippen LogP contribution < -0.4 is 0 Å². The van der Waals surface area contributed by atoms with Gasteiger partial charge in [-0.05, 0) is 13.3 Å². The van der Waals surface area contributed by atoms with Gasteiger partial charge >= 0.3 is 0 Å². The molecular weight excluding hydrogens is 159 g/mol. The summed E-state index contributed by atoms with van der Waals surface area (Å²) in [5, 5.41) is 0. The number of allylic oxidation sites excluding steroid dienone is 2. The average molecular weight is 174 g/mol. The van der Waals surface area contributed by atoms with Crippen molar-refractivity contribution >= 4 is 7.37 Å². The first-order valence-electron chi connectivity index (χ1n) is 3.95. The summed E-state index contributed by atoms with van der Waals surface area (Å²) in [7, 11) is -0.758. The van der Waals surface area contributed by atoms with E-state index in [0.717, 1.165) is 6.42 Å². The zero-order chi connectivity index (χ0) is 8.48. The normalized spacial score (nSPS) is 37.4. The van der Waals surface area contributed by atoms with E-state index in [-0.39, 0.29) is 5.66 Å². The molecule has 0 amide bonds. The number of hydrogen-bond donors (Lipinski definition) is 0. The lowest BCUT2D eigenvalue weighted by molar-refractivity contribution is 0.390. The minimum absolute atomic E-state index is 0.187.